The molecule has 0 saturated carbocycles. The monoisotopic (exact) mass is 440 g/mol. The van der Waals surface area contributed by atoms with Crippen LogP contribution in [0.5, 0.6) is 5.75 Å². The van der Waals surface area contributed by atoms with Gasteiger partial charge in [-0.15, -0.1) is 0 Å². The zero-order valence-electron chi connectivity index (χ0n) is 17.1. The van der Waals surface area contributed by atoms with Gasteiger partial charge in [0.05, 0.1) is 36.0 Å². The third-order valence-corrected chi connectivity index (χ3v) is 5.20. The number of nitriles is 1. The van der Waals surface area contributed by atoms with Crippen molar-refractivity contribution < 1.29 is 22.7 Å². The number of halogens is 3. The molecular formula is C23H19F3N4O2. The highest BCUT2D eigenvalue weighted by Gasteiger charge is 2.39. The van der Waals surface area contributed by atoms with Gasteiger partial charge in [-0.05, 0) is 30.7 Å². The van der Waals surface area contributed by atoms with Gasteiger partial charge in [0.2, 0.25) is 0 Å². The van der Waals surface area contributed by atoms with Crippen molar-refractivity contribution >= 4 is 5.91 Å². The largest absolute Gasteiger partial charge is 0.480 e. The maximum absolute atomic E-state index is 13.1. The van der Waals surface area contributed by atoms with Gasteiger partial charge >= 0.3 is 6.18 Å². The smallest absolute Gasteiger partial charge is 0.425 e. The topological polar surface area (TPSA) is 71.2 Å². The maximum atomic E-state index is 13.1. The molecule has 1 unspecified atom stereocenters. The third kappa shape index (κ3) is 4.44. The van der Waals surface area contributed by atoms with E-state index in [1.54, 1.807) is 4.68 Å². The minimum absolute atomic E-state index is 0.0811. The fraction of sp³-hybridized carbons (Fsp3) is 0.261. The fourth-order valence-electron chi connectivity index (χ4n) is 3.50. The van der Waals surface area contributed by atoms with Crippen LogP contribution in [0.2, 0.25) is 0 Å². The van der Waals surface area contributed by atoms with Crippen LogP contribution >= 0.6 is 0 Å². The molecule has 1 atom stereocenters. The number of benzene rings is 2. The molecule has 9 heteroatoms. The van der Waals surface area contributed by atoms with E-state index in [1.165, 1.54) is 23.1 Å². The number of carbonyl (C=O) groups is 1. The van der Waals surface area contributed by atoms with Gasteiger partial charge in [-0.25, -0.2) is 0 Å². The summed E-state index contributed by atoms with van der Waals surface area (Å²) in [6.45, 7) is 1.96. The van der Waals surface area contributed by atoms with Crippen LogP contribution in [0.4, 0.5) is 13.2 Å². The number of amides is 1. The van der Waals surface area contributed by atoms with Gasteiger partial charge in [0, 0.05) is 18.3 Å². The van der Waals surface area contributed by atoms with Gasteiger partial charge in [0.25, 0.3) is 5.91 Å². The molecule has 0 spiro atoms. The Hall–Kier alpha value is -3.80. The number of fused-ring (bicyclic) bond motifs is 1. The first-order chi connectivity index (χ1) is 15.2. The van der Waals surface area contributed by atoms with E-state index in [-0.39, 0.29) is 30.0 Å². The molecule has 6 nitrogen and oxygen atoms in total. The zero-order chi connectivity index (χ0) is 22.9. The van der Waals surface area contributed by atoms with Gasteiger partial charge < -0.3 is 9.64 Å². The van der Waals surface area contributed by atoms with Crippen LogP contribution in [-0.4, -0.2) is 32.9 Å². The van der Waals surface area contributed by atoms with Crippen molar-refractivity contribution in [1.29, 1.82) is 5.26 Å². The molecule has 1 aliphatic heterocycles. The Labute approximate surface area is 182 Å². The van der Waals surface area contributed by atoms with E-state index in [2.05, 4.69) is 5.10 Å². The summed E-state index contributed by atoms with van der Waals surface area (Å²) < 4.78 is 45.7. The van der Waals surface area contributed by atoms with Crippen molar-refractivity contribution in [2.45, 2.75) is 38.8 Å². The lowest BCUT2D eigenvalue weighted by molar-refractivity contribution is -0.189. The van der Waals surface area contributed by atoms with Crippen molar-refractivity contribution in [3.05, 3.63) is 82.7 Å². The number of aromatic nitrogens is 2. The van der Waals surface area contributed by atoms with Gasteiger partial charge in [0.15, 0.2) is 6.10 Å². The van der Waals surface area contributed by atoms with Gasteiger partial charge in [-0.1, -0.05) is 30.3 Å². The van der Waals surface area contributed by atoms with Crippen molar-refractivity contribution in [1.82, 2.24) is 14.7 Å². The summed E-state index contributed by atoms with van der Waals surface area (Å²) in [7, 11) is 0. The first kappa shape index (κ1) is 21.4. The van der Waals surface area contributed by atoms with Crippen LogP contribution in [0.1, 0.15) is 39.7 Å². The summed E-state index contributed by atoms with van der Waals surface area (Å²) in [4.78, 5) is 14.6. The predicted octanol–water partition coefficient (Wildman–Crippen LogP) is 4.29. The van der Waals surface area contributed by atoms with E-state index in [4.69, 9.17) is 10.00 Å². The first-order valence-electron chi connectivity index (χ1n) is 9.90. The Balaban J connectivity index is 1.52. The van der Waals surface area contributed by atoms with Crippen LogP contribution < -0.4 is 4.74 Å². The SMILES string of the molecule is CC(Oc1ccc(C#N)cc1C(=O)N1Cc2cn(Cc3ccccc3)nc2C1)C(F)(F)F. The van der Waals surface area contributed by atoms with Crippen LogP contribution in [0.25, 0.3) is 0 Å². The molecule has 0 aliphatic carbocycles. The second kappa shape index (κ2) is 8.38. The summed E-state index contributed by atoms with van der Waals surface area (Å²) in [5.41, 5.74) is 2.78. The third-order valence-electron chi connectivity index (χ3n) is 5.20. The fourth-order valence-corrected chi connectivity index (χ4v) is 3.50. The van der Waals surface area contributed by atoms with E-state index in [1.807, 2.05) is 42.6 Å². The van der Waals surface area contributed by atoms with Crippen LogP contribution in [0, 0.1) is 11.3 Å². The van der Waals surface area contributed by atoms with Gasteiger partial charge in [-0.3, -0.25) is 9.48 Å². The molecule has 0 radical (unpaired) electrons. The molecule has 2 aromatic carbocycles. The number of hydrogen-bond acceptors (Lipinski definition) is 4. The highest BCUT2D eigenvalue weighted by Crippen LogP contribution is 2.31. The lowest BCUT2D eigenvalue weighted by Gasteiger charge is -2.22. The van der Waals surface area contributed by atoms with Crippen LogP contribution in [-0.2, 0) is 19.6 Å². The number of rotatable bonds is 5. The van der Waals surface area contributed by atoms with E-state index in [0.29, 0.717) is 6.54 Å². The van der Waals surface area contributed by atoms with E-state index >= 15 is 0 Å². The Morgan fingerprint density at radius 3 is 2.62 bits per heavy atom. The quantitative estimate of drug-likeness (QED) is 0.594. The minimum atomic E-state index is -4.58. The van der Waals surface area contributed by atoms with E-state index < -0.39 is 18.2 Å². The van der Waals surface area contributed by atoms with Gasteiger partial charge in [0.1, 0.15) is 5.75 Å². The highest BCUT2D eigenvalue weighted by molar-refractivity contribution is 5.97. The number of ether oxygens (including phenoxy) is 1. The second-order valence-corrected chi connectivity index (χ2v) is 7.57. The van der Waals surface area contributed by atoms with Crippen molar-refractivity contribution in [2.24, 2.45) is 0 Å². The number of hydrogen-bond donors (Lipinski definition) is 0. The predicted molar refractivity (Wildman–Crippen MR) is 109 cm³/mol. The van der Waals surface area contributed by atoms with Crippen molar-refractivity contribution in [2.75, 3.05) is 0 Å². The summed E-state index contributed by atoms with van der Waals surface area (Å²) in [6.07, 6.45) is -4.82. The Morgan fingerprint density at radius 1 is 1.22 bits per heavy atom. The second-order valence-electron chi connectivity index (χ2n) is 7.57. The van der Waals surface area contributed by atoms with Crippen molar-refractivity contribution in [3.63, 3.8) is 0 Å². The summed E-state index contributed by atoms with van der Waals surface area (Å²) in [5, 5.41) is 13.7. The van der Waals surface area contributed by atoms with Gasteiger partial charge in [-0.2, -0.15) is 23.5 Å². The molecule has 4 rings (SSSR count). The number of alkyl halides is 3. The van der Waals surface area contributed by atoms with E-state index in [0.717, 1.165) is 23.7 Å². The Bertz CT molecular complexity index is 1160. The molecule has 1 aliphatic rings. The van der Waals surface area contributed by atoms with Crippen molar-refractivity contribution in [3.8, 4) is 11.8 Å². The molecule has 1 amide bonds. The molecule has 1 aromatic heterocycles. The average Bonchev–Trinajstić information content (AvgIpc) is 3.32. The molecule has 0 saturated heterocycles. The maximum Gasteiger partial charge on any atom is 0.425 e. The molecule has 0 bridgehead atoms. The standard InChI is InChI=1S/C23H19F3N4O2/c1-15(23(24,25)26)32-21-8-7-17(10-27)9-19(21)22(31)29-12-18-13-30(28-20(18)14-29)11-16-5-3-2-4-6-16/h2-9,13,15H,11-12,14H2,1H3. The zero-order valence-corrected chi connectivity index (χ0v) is 17.1. The van der Waals surface area contributed by atoms with Crippen LogP contribution in [0.3, 0.4) is 0 Å². The number of carbonyl (C=O) groups excluding carboxylic acids is 1. The molecular weight excluding hydrogens is 421 g/mol. The summed E-state index contributed by atoms with van der Waals surface area (Å²) >= 11 is 0. The minimum Gasteiger partial charge on any atom is -0.480 e. The normalized spacial score (nSPS) is 14.0. The first-order valence-corrected chi connectivity index (χ1v) is 9.90. The molecule has 3 aromatic rings. The Morgan fingerprint density at radius 2 is 1.97 bits per heavy atom. The molecule has 0 fully saturated rings. The Kier molecular flexibility index (Phi) is 5.61. The molecule has 2 heterocycles. The summed E-state index contributed by atoms with van der Waals surface area (Å²) in [5.74, 6) is -0.725. The van der Waals surface area contributed by atoms with Crippen LogP contribution in [0.15, 0.2) is 54.7 Å². The lowest BCUT2D eigenvalue weighted by atomic mass is 10.1. The molecule has 164 valence electrons. The molecule has 0 N–H and O–H groups in total. The highest BCUT2D eigenvalue weighted by atomic mass is 19.4. The van der Waals surface area contributed by atoms with E-state index in [9.17, 15) is 18.0 Å². The number of nitrogens with zero attached hydrogens (tertiary/aromatic N) is 4. The average molecular weight is 440 g/mol. The lowest BCUT2D eigenvalue weighted by Crippen LogP contribution is -2.32. The summed E-state index contributed by atoms with van der Waals surface area (Å²) in [6, 6.07) is 15.5. The molecule has 32 heavy (non-hydrogen) atoms.